The highest BCUT2D eigenvalue weighted by molar-refractivity contribution is 5.92. The third-order valence-electron chi connectivity index (χ3n) is 3.17. The number of nitrogens with two attached hydrogens (primary N) is 1. The third kappa shape index (κ3) is 3.68. The fourth-order valence-electron chi connectivity index (χ4n) is 2.04. The van der Waals surface area contributed by atoms with Crippen LogP contribution in [0.2, 0.25) is 0 Å². The zero-order chi connectivity index (χ0) is 16.1. The molecule has 0 saturated heterocycles. The van der Waals surface area contributed by atoms with Crippen LogP contribution in [0.5, 0.6) is 17.2 Å². The number of para-hydroxylation sites is 2. The molecule has 0 aliphatic heterocycles. The molecule has 0 aliphatic carbocycles. The SMILES string of the molecule is Nc1cc(C(=O)Oc2ccccc2)ccc1Oc1ccccc1. The average molecular weight is 305 g/mol. The van der Waals surface area contributed by atoms with Crippen molar-refractivity contribution < 1.29 is 14.3 Å². The molecule has 2 N–H and O–H groups in total. The van der Waals surface area contributed by atoms with Gasteiger partial charge >= 0.3 is 5.97 Å². The number of esters is 1. The molecule has 0 bridgehead atoms. The molecule has 114 valence electrons. The van der Waals surface area contributed by atoms with E-state index < -0.39 is 5.97 Å². The maximum Gasteiger partial charge on any atom is 0.343 e. The number of ether oxygens (including phenoxy) is 2. The lowest BCUT2D eigenvalue weighted by atomic mass is 10.2. The van der Waals surface area contributed by atoms with Crippen molar-refractivity contribution in [1.29, 1.82) is 0 Å². The molecule has 0 radical (unpaired) electrons. The van der Waals surface area contributed by atoms with Gasteiger partial charge in [0.05, 0.1) is 11.3 Å². The summed E-state index contributed by atoms with van der Waals surface area (Å²) in [5.74, 6) is 1.20. The Kier molecular flexibility index (Phi) is 4.25. The van der Waals surface area contributed by atoms with Crippen molar-refractivity contribution in [2.24, 2.45) is 0 Å². The predicted octanol–water partition coefficient (Wildman–Crippen LogP) is 4.28. The lowest BCUT2D eigenvalue weighted by Crippen LogP contribution is -2.09. The molecule has 4 nitrogen and oxygen atoms in total. The fraction of sp³-hybridized carbons (Fsp3) is 0. The van der Waals surface area contributed by atoms with Gasteiger partial charge in [-0.2, -0.15) is 0 Å². The van der Waals surface area contributed by atoms with E-state index in [1.807, 2.05) is 36.4 Å². The molecule has 0 saturated carbocycles. The van der Waals surface area contributed by atoms with Crippen molar-refractivity contribution in [2.45, 2.75) is 0 Å². The number of hydrogen-bond acceptors (Lipinski definition) is 4. The van der Waals surface area contributed by atoms with Crippen molar-refractivity contribution in [3.8, 4) is 17.2 Å². The van der Waals surface area contributed by atoms with E-state index in [1.165, 1.54) is 0 Å². The van der Waals surface area contributed by atoms with E-state index in [0.717, 1.165) is 0 Å². The van der Waals surface area contributed by atoms with Gasteiger partial charge in [-0.3, -0.25) is 0 Å². The molecule has 0 aliphatic rings. The third-order valence-corrected chi connectivity index (χ3v) is 3.17. The van der Waals surface area contributed by atoms with Crippen LogP contribution in [0.4, 0.5) is 5.69 Å². The average Bonchev–Trinajstić information content (AvgIpc) is 2.58. The van der Waals surface area contributed by atoms with Gasteiger partial charge in [-0.15, -0.1) is 0 Å². The number of carbonyl (C=O) groups is 1. The van der Waals surface area contributed by atoms with Crippen LogP contribution in [0.3, 0.4) is 0 Å². The second-order valence-electron chi connectivity index (χ2n) is 4.87. The van der Waals surface area contributed by atoms with E-state index >= 15 is 0 Å². The summed E-state index contributed by atoms with van der Waals surface area (Å²) >= 11 is 0. The van der Waals surface area contributed by atoms with Crippen molar-refractivity contribution in [3.63, 3.8) is 0 Å². The van der Waals surface area contributed by atoms with E-state index in [9.17, 15) is 4.79 Å². The molecule has 0 unspecified atom stereocenters. The van der Waals surface area contributed by atoms with Crippen LogP contribution in [0, 0.1) is 0 Å². The Hall–Kier alpha value is -3.27. The predicted molar refractivity (Wildman–Crippen MR) is 88.8 cm³/mol. The molecule has 0 atom stereocenters. The van der Waals surface area contributed by atoms with Gasteiger partial charge in [-0.25, -0.2) is 4.79 Å². The summed E-state index contributed by atoms with van der Waals surface area (Å²) < 4.78 is 11.0. The molecule has 3 aromatic rings. The zero-order valence-corrected chi connectivity index (χ0v) is 12.3. The van der Waals surface area contributed by atoms with Crippen LogP contribution in [0.1, 0.15) is 10.4 Å². The van der Waals surface area contributed by atoms with E-state index in [1.54, 1.807) is 42.5 Å². The lowest BCUT2D eigenvalue weighted by molar-refractivity contribution is 0.0735. The Morgan fingerprint density at radius 1 is 0.783 bits per heavy atom. The first-order chi connectivity index (χ1) is 11.2. The summed E-state index contributed by atoms with van der Waals surface area (Å²) in [6.45, 7) is 0. The topological polar surface area (TPSA) is 61.6 Å². The van der Waals surface area contributed by atoms with Gasteiger partial charge < -0.3 is 15.2 Å². The van der Waals surface area contributed by atoms with Gasteiger partial charge in [-0.05, 0) is 42.5 Å². The first-order valence-corrected chi connectivity index (χ1v) is 7.12. The van der Waals surface area contributed by atoms with E-state index in [4.69, 9.17) is 15.2 Å². The number of nitrogen functional groups attached to an aromatic ring is 1. The highest BCUT2D eigenvalue weighted by Gasteiger charge is 2.11. The second kappa shape index (κ2) is 6.66. The normalized spacial score (nSPS) is 10.1. The molecule has 0 aromatic heterocycles. The van der Waals surface area contributed by atoms with Crippen molar-refractivity contribution in [1.82, 2.24) is 0 Å². The quantitative estimate of drug-likeness (QED) is 0.444. The minimum atomic E-state index is -0.464. The van der Waals surface area contributed by atoms with Crippen LogP contribution in [-0.4, -0.2) is 5.97 Å². The van der Waals surface area contributed by atoms with Crippen LogP contribution in [-0.2, 0) is 0 Å². The van der Waals surface area contributed by atoms with E-state index in [2.05, 4.69) is 0 Å². The van der Waals surface area contributed by atoms with Crippen LogP contribution >= 0.6 is 0 Å². The first kappa shape index (κ1) is 14.7. The van der Waals surface area contributed by atoms with Gasteiger partial charge in [0.15, 0.2) is 0 Å². The molecule has 0 heterocycles. The summed E-state index contributed by atoms with van der Waals surface area (Å²) in [6.07, 6.45) is 0. The summed E-state index contributed by atoms with van der Waals surface area (Å²) in [5.41, 5.74) is 6.71. The minimum Gasteiger partial charge on any atom is -0.455 e. The lowest BCUT2D eigenvalue weighted by Gasteiger charge is -2.10. The van der Waals surface area contributed by atoms with Crippen molar-refractivity contribution in [3.05, 3.63) is 84.4 Å². The summed E-state index contributed by atoms with van der Waals surface area (Å²) in [6, 6.07) is 23.0. The molecule has 4 heteroatoms. The van der Waals surface area contributed by atoms with Gasteiger partial charge in [0.1, 0.15) is 17.2 Å². The minimum absolute atomic E-state index is 0.367. The molecule has 3 rings (SSSR count). The molecule has 3 aromatic carbocycles. The van der Waals surface area contributed by atoms with Gasteiger partial charge in [0.25, 0.3) is 0 Å². The standard InChI is InChI=1S/C19H15NO3/c20-17-13-14(19(21)23-16-9-5-2-6-10-16)11-12-18(17)22-15-7-3-1-4-8-15/h1-13H,20H2. The van der Waals surface area contributed by atoms with Crippen molar-refractivity contribution >= 4 is 11.7 Å². The summed E-state index contributed by atoms with van der Waals surface area (Å²) in [7, 11) is 0. The van der Waals surface area contributed by atoms with Crippen molar-refractivity contribution in [2.75, 3.05) is 5.73 Å². The summed E-state index contributed by atoms with van der Waals surface area (Å²) in [4.78, 5) is 12.1. The molecular weight excluding hydrogens is 290 g/mol. The molecule has 0 spiro atoms. The van der Waals surface area contributed by atoms with Gasteiger partial charge in [-0.1, -0.05) is 36.4 Å². The maximum absolute atomic E-state index is 12.1. The first-order valence-electron chi connectivity index (χ1n) is 7.12. The second-order valence-corrected chi connectivity index (χ2v) is 4.87. The van der Waals surface area contributed by atoms with E-state index in [0.29, 0.717) is 28.5 Å². The van der Waals surface area contributed by atoms with Crippen LogP contribution in [0.25, 0.3) is 0 Å². The number of anilines is 1. The fourth-order valence-corrected chi connectivity index (χ4v) is 2.04. The number of carbonyl (C=O) groups excluding carboxylic acids is 1. The molecule has 0 amide bonds. The Bertz CT molecular complexity index is 801. The van der Waals surface area contributed by atoms with Gasteiger partial charge in [0.2, 0.25) is 0 Å². The monoisotopic (exact) mass is 305 g/mol. The molecular formula is C19H15NO3. The number of hydrogen-bond donors (Lipinski definition) is 1. The highest BCUT2D eigenvalue weighted by atomic mass is 16.5. The Morgan fingerprint density at radius 2 is 1.39 bits per heavy atom. The smallest absolute Gasteiger partial charge is 0.343 e. The Balaban J connectivity index is 1.75. The Labute approximate surface area is 134 Å². The van der Waals surface area contributed by atoms with E-state index in [-0.39, 0.29) is 0 Å². The molecule has 23 heavy (non-hydrogen) atoms. The Morgan fingerprint density at radius 3 is 2.00 bits per heavy atom. The highest BCUT2D eigenvalue weighted by Crippen LogP contribution is 2.28. The number of rotatable bonds is 4. The zero-order valence-electron chi connectivity index (χ0n) is 12.3. The molecule has 0 fully saturated rings. The maximum atomic E-state index is 12.1. The summed E-state index contributed by atoms with van der Waals surface area (Å²) in [5, 5.41) is 0. The van der Waals surface area contributed by atoms with Crippen LogP contribution < -0.4 is 15.2 Å². The number of benzene rings is 3. The van der Waals surface area contributed by atoms with Crippen LogP contribution in [0.15, 0.2) is 78.9 Å². The largest absolute Gasteiger partial charge is 0.455 e. The van der Waals surface area contributed by atoms with Gasteiger partial charge in [0, 0.05) is 0 Å².